The summed E-state index contributed by atoms with van der Waals surface area (Å²) in [6, 6.07) is 6.04. The number of methoxy groups -OCH3 is 1. The summed E-state index contributed by atoms with van der Waals surface area (Å²) in [5, 5.41) is 10.4. The molecule has 1 heterocycles. The van der Waals surface area contributed by atoms with Crippen molar-refractivity contribution in [3.63, 3.8) is 0 Å². The molecule has 1 N–H and O–H groups in total. The predicted octanol–water partition coefficient (Wildman–Crippen LogP) is 1.40. The van der Waals surface area contributed by atoms with Crippen LogP contribution >= 0.6 is 0 Å². The summed E-state index contributed by atoms with van der Waals surface area (Å²) < 4.78 is 19.6. The van der Waals surface area contributed by atoms with Gasteiger partial charge in [-0.25, -0.2) is 9.07 Å². The molecule has 0 saturated heterocycles. The molecule has 7 heteroatoms. The van der Waals surface area contributed by atoms with Crippen molar-refractivity contribution < 1.29 is 13.9 Å². The van der Waals surface area contributed by atoms with Gasteiger partial charge in [-0.3, -0.25) is 4.79 Å². The van der Waals surface area contributed by atoms with E-state index < -0.39 is 0 Å². The first kappa shape index (κ1) is 15.1. The van der Waals surface area contributed by atoms with E-state index >= 15 is 0 Å². The van der Waals surface area contributed by atoms with Gasteiger partial charge in [0.25, 0.3) is 5.91 Å². The average molecular weight is 292 g/mol. The van der Waals surface area contributed by atoms with Crippen LogP contribution in [0.5, 0.6) is 0 Å². The lowest BCUT2D eigenvalue weighted by Gasteiger charge is -2.11. The number of hydrogen-bond donors (Lipinski definition) is 1. The van der Waals surface area contributed by atoms with Gasteiger partial charge in [-0.05, 0) is 24.6 Å². The molecule has 0 fully saturated rings. The number of amides is 1. The summed E-state index contributed by atoms with van der Waals surface area (Å²) in [4.78, 5) is 11.8. The first-order chi connectivity index (χ1) is 10.1. The first-order valence-electron chi connectivity index (χ1n) is 6.56. The van der Waals surface area contributed by atoms with Crippen LogP contribution in [-0.2, 0) is 4.74 Å². The molecule has 0 aliphatic rings. The van der Waals surface area contributed by atoms with E-state index in [0.717, 1.165) is 5.56 Å². The molecule has 112 valence electrons. The zero-order chi connectivity index (χ0) is 15.2. The maximum Gasteiger partial charge on any atom is 0.273 e. The van der Waals surface area contributed by atoms with Crippen LogP contribution in [0.1, 0.15) is 29.0 Å². The lowest BCUT2D eigenvalue weighted by molar-refractivity contribution is 0.0932. The van der Waals surface area contributed by atoms with Crippen molar-refractivity contribution in [2.24, 2.45) is 0 Å². The topological polar surface area (TPSA) is 69.0 Å². The fourth-order valence-electron chi connectivity index (χ4n) is 1.85. The number of ether oxygens (including phenoxy) is 1. The molecular formula is C14H17FN4O2. The average Bonchev–Trinajstić information content (AvgIpc) is 2.96. The summed E-state index contributed by atoms with van der Waals surface area (Å²) >= 11 is 0. The number of aromatic nitrogens is 3. The number of carbonyl (C=O) groups is 1. The SMILES string of the molecule is COCCNC(=O)c1cn([C@H](C)c2cccc(F)c2)nn1. The van der Waals surface area contributed by atoms with Gasteiger partial charge >= 0.3 is 0 Å². The van der Waals surface area contributed by atoms with Gasteiger partial charge in [0.05, 0.1) is 18.8 Å². The fourth-order valence-corrected chi connectivity index (χ4v) is 1.85. The maximum absolute atomic E-state index is 13.2. The summed E-state index contributed by atoms with van der Waals surface area (Å²) in [5.41, 5.74) is 0.973. The molecule has 0 spiro atoms. The number of nitrogens with one attached hydrogen (secondary N) is 1. The number of rotatable bonds is 6. The Morgan fingerprint density at radius 1 is 1.52 bits per heavy atom. The molecule has 0 radical (unpaired) electrons. The minimum Gasteiger partial charge on any atom is -0.383 e. The number of benzene rings is 1. The zero-order valence-corrected chi connectivity index (χ0v) is 11.9. The summed E-state index contributed by atoms with van der Waals surface area (Å²) in [6.45, 7) is 2.69. The summed E-state index contributed by atoms with van der Waals surface area (Å²) in [7, 11) is 1.56. The standard InChI is InChI=1S/C14H17FN4O2/c1-10(11-4-3-5-12(15)8-11)19-9-13(17-18-19)14(20)16-6-7-21-2/h3-5,8-10H,6-7H2,1-2H3,(H,16,20)/t10-/m1/s1. The van der Waals surface area contributed by atoms with Crippen molar-refractivity contribution in [1.82, 2.24) is 20.3 Å². The third-order valence-electron chi connectivity index (χ3n) is 3.06. The van der Waals surface area contributed by atoms with Crippen LogP contribution in [0.2, 0.25) is 0 Å². The highest BCUT2D eigenvalue weighted by molar-refractivity contribution is 5.91. The molecule has 1 aromatic carbocycles. The highest BCUT2D eigenvalue weighted by atomic mass is 19.1. The maximum atomic E-state index is 13.2. The molecule has 6 nitrogen and oxygen atoms in total. The van der Waals surface area contributed by atoms with E-state index in [9.17, 15) is 9.18 Å². The number of nitrogens with zero attached hydrogens (tertiary/aromatic N) is 3. The highest BCUT2D eigenvalue weighted by Crippen LogP contribution is 2.17. The molecule has 2 rings (SSSR count). The Morgan fingerprint density at radius 3 is 3.05 bits per heavy atom. The van der Waals surface area contributed by atoms with Gasteiger partial charge in [0.1, 0.15) is 5.82 Å². The van der Waals surface area contributed by atoms with Crippen LogP contribution in [0.4, 0.5) is 4.39 Å². The first-order valence-corrected chi connectivity index (χ1v) is 6.56. The number of hydrogen-bond acceptors (Lipinski definition) is 4. The Hall–Kier alpha value is -2.28. The zero-order valence-electron chi connectivity index (χ0n) is 11.9. The van der Waals surface area contributed by atoms with Crippen molar-refractivity contribution in [2.75, 3.05) is 20.3 Å². The van der Waals surface area contributed by atoms with Crippen molar-refractivity contribution in [3.05, 3.63) is 47.5 Å². The molecule has 1 amide bonds. The van der Waals surface area contributed by atoms with E-state index in [-0.39, 0.29) is 23.5 Å². The van der Waals surface area contributed by atoms with Crippen LogP contribution in [0.15, 0.2) is 30.5 Å². The molecule has 0 bridgehead atoms. The summed E-state index contributed by atoms with van der Waals surface area (Å²) in [5.74, 6) is -0.623. The van der Waals surface area contributed by atoms with E-state index in [0.29, 0.717) is 13.2 Å². The number of carbonyl (C=O) groups excluding carboxylic acids is 1. The van der Waals surface area contributed by atoms with Crippen molar-refractivity contribution in [3.8, 4) is 0 Å². The Labute approximate surface area is 121 Å². The van der Waals surface area contributed by atoms with Crippen molar-refractivity contribution in [2.45, 2.75) is 13.0 Å². The summed E-state index contributed by atoms with van der Waals surface area (Å²) in [6.07, 6.45) is 1.54. The van der Waals surface area contributed by atoms with E-state index in [1.807, 2.05) is 6.92 Å². The van der Waals surface area contributed by atoms with E-state index in [1.54, 1.807) is 19.2 Å². The van der Waals surface area contributed by atoms with Gasteiger partial charge in [0, 0.05) is 13.7 Å². The van der Waals surface area contributed by atoms with Crippen molar-refractivity contribution in [1.29, 1.82) is 0 Å². The quantitative estimate of drug-likeness (QED) is 0.817. The largest absolute Gasteiger partial charge is 0.383 e. The third-order valence-corrected chi connectivity index (χ3v) is 3.06. The minimum atomic E-state index is -0.315. The molecule has 0 aliphatic heterocycles. The second-order valence-corrected chi connectivity index (χ2v) is 4.56. The van der Waals surface area contributed by atoms with Gasteiger partial charge in [-0.2, -0.15) is 0 Å². The Kier molecular flexibility index (Phi) is 4.99. The van der Waals surface area contributed by atoms with Crippen molar-refractivity contribution >= 4 is 5.91 Å². The van der Waals surface area contributed by atoms with E-state index in [4.69, 9.17) is 4.74 Å². The van der Waals surface area contributed by atoms with Gasteiger partial charge < -0.3 is 10.1 Å². The van der Waals surface area contributed by atoms with Crippen LogP contribution in [0.3, 0.4) is 0 Å². The van der Waals surface area contributed by atoms with Gasteiger partial charge in [0.2, 0.25) is 0 Å². The molecule has 0 unspecified atom stereocenters. The van der Waals surface area contributed by atoms with Crippen LogP contribution in [0.25, 0.3) is 0 Å². The van der Waals surface area contributed by atoms with Gasteiger partial charge in [-0.15, -0.1) is 5.10 Å². The Balaban J connectivity index is 2.07. The molecule has 1 aromatic heterocycles. The fraction of sp³-hybridized carbons (Fsp3) is 0.357. The molecule has 2 aromatic rings. The molecule has 0 aliphatic carbocycles. The molecule has 21 heavy (non-hydrogen) atoms. The van der Waals surface area contributed by atoms with Crippen LogP contribution < -0.4 is 5.32 Å². The molecular weight excluding hydrogens is 275 g/mol. The lowest BCUT2D eigenvalue weighted by Crippen LogP contribution is -2.27. The molecule has 0 saturated carbocycles. The normalized spacial score (nSPS) is 12.1. The predicted molar refractivity (Wildman–Crippen MR) is 74.4 cm³/mol. The van der Waals surface area contributed by atoms with Crippen LogP contribution in [0, 0.1) is 5.82 Å². The van der Waals surface area contributed by atoms with Gasteiger partial charge in [0.15, 0.2) is 5.69 Å². The van der Waals surface area contributed by atoms with E-state index in [2.05, 4.69) is 15.6 Å². The third kappa shape index (κ3) is 3.85. The van der Waals surface area contributed by atoms with Gasteiger partial charge in [-0.1, -0.05) is 17.3 Å². The molecule has 1 atom stereocenters. The smallest absolute Gasteiger partial charge is 0.273 e. The second kappa shape index (κ2) is 6.94. The number of halogens is 1. The lowest BCUT2D eigenvalue weighted by atomic mass is 10.1. The Morgan fingerprint density at radius 2 is 2.33 bits per heavy atom. The van der Waals surface area contributed by atoms with E-state index in [1.165, 1.54) is 23.0 Å². The highest BCUT2D eigenvalue weighted by Gasteiger charge is 2.14. The second-order valence-electron chi connectivity index (χ2n) is 4.56. The monoisotopic (exact) mass is 292 g/mol. The Bertz CT molecular complexity index is 615. The van der Waals surface area contributed by atoms with Crippen LogP contribution in [-0.4, -0.2) is 41.2 Å². The minimum absolute atomic E-state index is 0.214.